The molecule has 3 rings (SSSR count). The zero-order chi connectivity index (χ0) is 14.3. The molecule has 0 spiro atoms. The molecule has 1 aliphatic heterocycles. The highest BCUT2D eigenvalue weighted by molar-refractivity contribution is 5.89. The van der Waals surface area contributed by atoms with E-state index in [1.165, 1.54) is 12.1 Å². The number of carbonyl (C=O) groups excluding carboxylic acids is 1. The van der Waals surface area contributed by atoms with Crippen LogP contribution in [-0.4, -0.2) is 35.1 Å². The van der Waals surface area contributed by atoms with Gasteiger partial charge in [-0.25, -0.2) is 8.78 Å². The van der Waals surface area contributed by atoms with Gasteiger partial charge in [0.25, 0.3) is 0 Å². The Morgan fingerprint density at radius 1 is 1.35 bits per heavy atom. The van der Waals surface area contributed by atoms with Crippen molar-refractivity contribution in [1.29, 1.82) is 0 Å². The summed E-state index contributed by atoms with van der Waals surface area (Å²) >= 11 is 0. The quantitative estimate of drug-likeness (QED) is 0.900. The van der Waals surface area contributed by atoms with Crippen molar-refractivity contribution in [3.8, 4) is 0 Å². The predicted molar refractivity (Wildman–Crippen MR) is 69.1 cm³/mol. The zero-order valence-corrected chi connectivity index (χ0v) is 11.1. The first-order chi connectivity index (χ1) is 9.53. The summed E-state index contributed by atoms with van der Waals surface area (Å²) in [5, 5.41) is 9.55. The Balaban J connectivity index is 1.93. The summed E-state index contributed by atoms with van der Waals surface area (Å²) in [6.45, 7) is 0.813. The first kappa shape index (κ1) is 13.5. The maximum atomic E-state index is 14.0. The Morgan fingerprint density at radius 3 is 2.60 bits per heavy atom. The van der Waals surface area contributed by atoms with Crippen molar-refractivity contribution < 1.29 is 18.7 Å². The highest BCUT2D eigenvalue weighted by Gasteiger charge is 2.50. The molecule has 0 radical (unpaired) electrons. The van der Waals surface area contributed by atoms with Crippen molar-refractivity contribution in [3.63, 3.8) is 0 Å². The number of likely N-dealkylation sites (tertiary alicyclic amines) is 1. The van der Waals surface area contributed by atoms with Gasteiger partial charge in [0.1, 0.15) is 11.6 Å². The lowest BCUT2D eigenvalue weighted by Crippen LogP contribution is -2.51. The number of hydrogen-bond acceptors (Lipinski definition) is 2. The Labute approximate surface area is 116 Å². The first-order valence-electron chi connectivity index (χ1n) is 6.96. The van der Waals surface area contributed by atoms with E-state index in [9.17, 15) is 18.7 Å². The Bertz CT molecular complexity index is 543. The van der Waals surface area contributed by atoms with E-state index >= 15 is 0 Å². The van der Waals surface area contributed by atoms with Gasteiger partial charge in [0.15, 0.2) is 0 Å². The van der Waals surface area contributed by atoms with Crippen LogP contribution in [0, 0.1) is 11.6 Å². The number of nitrogens with zero attached hydrogens (tertiary/aromatic N) is 1. The van der Waals surface area contributed by atoms with Gasteiger partial charge in [-0.1, -0.05) is 12.5 Å². The molecule has 1 amide bonds. The molecule has 1 saturated heterocycles. The van der Waals surface area contributed by atoms with Crippen LogP contribution in [0.3, 0.4) is 0 Å². The SMILES string of the molecule is O=C(N1CC[C@@H](O)C1)C1(c2ccc(F)cc2F)CCC1. The number of hydrogen-bond donors (Lipinski definition) is 1. The highest BCUT2D eigenvalue weighted by atomic mass is 19.1. The van der Waals surface area contributed by atoms with Crippen LogP contribution in [0.4, 0.5) is 8.78 Å². The summed E-state index contributed by atoms with van der Waals surface area (Å²) in [5.41, 5.74) is -0.571. The average molecular weight is 281 g/mol. The largest absolute Gasteiger partial charge is 0.391 e. The molecule has 2 fully saturated rings. The monoisotopic (exact) mass is 281 g/mol. The molecule has 1 aromatic carbocycles. The molecule has 0 bridgehead atoms. The van der Waals surface area contributed by atoms with Gasteiger partial charge >= 0.3 is 0 Å². The topological polar surface area (TPSA) is 40.5 Å². The van der Waals surface area contributed by atoms with E-state index in [0.29, 0.717) is 32.4 Å². The van der Waals surface area contributed by atoms with Crippen LogP contribution in [-0.2, 0) is 10.2 Å². The van der Waals surface area contributed by atoms with Crippen LogP contribution in [0.5, 0.6) is 0 Å². The Hall–Kier alpha value is -1.49. The highest BCUT2D eigenvalue weighted by Crippen LogP contribution is 2.46. The molecule has 108 valence electrons. The van der Waals surface area contributed by atoms with Crippen molar-refractivity contribution in [1.82, 2.24) is 4.90 Å². The minimum atomic E-state index is -0.859. The third-order valence-corrected chi connectivity index (χ3v) is 4.51. The maximum absolute atomic E-state index is 14.0. The van der Waals surface area contributed by atoms with Crippen LogP contribution in [0.25, 0.3) is 0 Å². The second-order valence-corrected chi connectivity index (χ2v) is 5.75. The maximum Gasteiger partial charge on any atom is 0.233 e. The van der Waals surface area contributed by atoms with Crippen molar-refractivity contribution in [2.24, 2.45) is 0 Å². The third kappa shape index (κ3) is 2.00. The van der Waals surface area contributed by atoms with Gasteiger partial charge in [-0.05, 0) is 25.3 Å². The van der Waals surface area contributed by atoms with E-state index in [4.69, 9.17) is 0 Å². The van der Waals surface area contributed by atoms with Gasteiger partial charge in [-0.2, -0.15) is 0 Å². The van der Waals surface area contributed by atoms with Crippen molar-refractivity contribution in [2.75, 3.05) is 13.1 Å². The summed E-state index contributed by atoms with van der Waals surface area (Å²) in [7, 11) is 0. The van der Waals surface area contributed by atoms with Gasteiger partial charge in [-0.15, -0.1) is 0 Å². The zero-order valence-electron chi connectivity index (χ0n) is 11.1. The normalized spacial score (nSPS) is 24.6. The lowest BCUT2D eigenvalue weighted by molar-refractivity contribution is -0.140. The van der Waals surface area contributed by atoms with Crippen molar-refractivity contribution in [2.45, 2.75) is 37.2 Å². The fourth-order valence-electron chi connectivity index (χ4n) is 3.24. The minimum Gasteiger partial charge on any atom is -0.391 e. The molecule has 1 atom stereocenters. The second kappa shape index (κ2) is 4.81. The average Bonchev–Trinajstić information content (AvgIpc) is 2.77. The molecule has 1 saturated carbocycles. The summed E-state index contributed by atoms with van der Waals surface area (Å²) in [6.07, 6.45) is 2.10. The van der Waals surface area contributed by atoms with Crippen LogP contribution >= 0.6 is 0 Å². The van der Waals surface area contributed by atoms with Crippen LogP contribution < -0.4 is 0 Å². The van der Waals surface area contributed by atoms with Gasteiger partial charge in [0, 0.05) is 24.7 Å². The molecule has 20 heavy (non-hydrogen) atoms. The van der Waals surface area contributed by atoms with E-state index in [-0.39, 0.29) is 11.5 Å². The van der Waals surface area contributed by atoms with E-state index < -0.39 is 23.2 Å². The number of carbonyl (C=O) groups is 1. The predicted octanol–water partition coefficient (Wildman–Crippen LogP) is 1.98. The number of aliphatic hydroxyl groups excluding tert-OH is 1. The van der Waals surface area contributed by atoms with E-state index in [1.807, 2.05) is 0 Å². The summed E-state index contributed by atoms with van der Waals surface area (Å²) in [6, 6.07) is 3.42. The number of benzene rings is 1. The second-order valence-electron chi connectivity index (χ2n) is 5.75. The van der Waals surface area contributed by atoms with Crippen molar-refractivity contribution in [3.05, 3.63) is 35.4 Å². The number of aliphatic hydroxyl groups is 1. The third-order valence-electron chi connectivity index (χ3n) is 4.51. The van der Waals surface area contributed by atoms with E-state index in [2.05, 4.69) is 0 Å². The standard InChI is InChI=1S/C15H17F2NO2/c16-10-2-3-12(13(17)8-10)15(5-1-6-15)14(20)18-7-4-11(19)9-18/h2-3,8,11,19H,1,4-7,9H2/t11-/m1/s1. The lowest BCUT2D eigenvalue weighted by Gasteiger charge is -2.43. The number of β-amino-alcohol motifs (C(OH)–C–C–N with tert-alkyl or cyclic N) is 1. The van der Waals surface area contributed by atoms with Crippen LogP contribution in [0.2, 0.25) is 0 Å². The first-order valence-corrected chi connectivity index (χ1v) is 6.96. The van der Waals surface area contributed by atoms with Gasteiger partial charge in [0.2, 0.25) is 5.91 Å². The van der Waals surface area contributed by atoms with Gasteiger partial charge in [-0.3, -0.25) is 4.79 Å². The summed E-state index contributed by atoms with van der Waals surface area (Å²) < 4.78 is 27.1. The number of rotatable bonds is 2. The lowest BCUT2D eigenvalue weighted by atomic mass is 9.63. The molecule has 1 aromatic rings. The molecule has 0 aromatic heterocycles. The molecule has 3 nitrogen and oxygen atoms in total. The molecule has 1 N–H and O–H groups in total. The number of halogens is 2. The van der Waals surface area contributed by atoms with E-state index in [1.54, 1.807) is 4.90 Å². The van der Waals surface area contributed by atoms with Gasteiger partial charge in [0.05, 0.1) is 11.5 Å². The van der Waals surface area contributed by atoms with Gasteiger partial charge < -0.3 is 10.0 Å². The summed E-state index contributed by atoms with van der Waals surface area (Å²) in [4.78, 5) is 14.3. The minimum absolute atomic E-state index is 0.134. The Morgan fingerprint density at radius 2 is 2.10 bits per heavy atom. The molecule has 2 aliphatic rings. The molecule has 0 unspecified atom stereocenters. The number of amides is 1. The smallest absolute Gasteiger partial charge is 0.233 e. The van der Waals surface area contributed by atoms with Crippen molar-refractivity contribution >= 4 is 5.91 Å². The molecule has 1 heterocycles. The summed E-state index contributed by atoms with van der Waals surface area (Å²) in [5.74, 6) is -1.42. The fraction of sp³-hybridized carbons (Fsp3) is 0.533. The van der Waals surface area contributed by atoms with Crippen LogP contribution in [0.15, 0.2) is 18.2 Å². The molecule has 1 aliphatic carbocycles. The molecule has 5 heteroatoms. The molecular weight excluding hydrogens is 264 g/mol. The molecular formula is C15H17F2NO2. The fourth-order valence-corrected chi connectivity index (χ4v) is 3.24. The van der Waals surface area contributed by atoms with Crippen LogP contribution in [0.1, 0.15) is 31.2 Å². The Kier molecular flexibility index (Phi) is 3.24. The van der Waals surface area contributed by atoms with E-state index in [0.717, 1.165) is 12.5 Å².